The Kier molecular flexibility index (Phi) is 7.26. The summed E-state index contributed by atoms with van der Waals surface area (Å²) in [6.45, 7) is 3.58. The molecule has 170 valence electrons. The summed E-state index contributed by atoms with van der Waals surface area (Å²) in [6.07, 6.45) is 3.49. The number of hydrogen-bond donors (Lipinski definition) is 2. The van der Waals surface area contributed by atoms with Crippen molar-refractivity contribution in [3.05, 3.63) is 90.5 Å². The molecule has 0 bridgehead atoms. The maximum atomic E-state index is 13.3. The number of anilines is 2. The number of carbonyl (C=O) groups is 2. The Morgan fingerprint density at radius 2 is 1.73 bits per heavy atom. The Hall–Kier alpha value is -3.78. The molecule has 0 aliphatic carbocycles. The lowest BCUT2D eigenvalue weighted by Crippen LogP contribution is -2.50. The molecule has 33 heavy (non-hydrogen) atoms. The van der Waals surface area contributed by atoms with Crippen molar-refractivity contribution in [1.82, 2.24) is 15.2 Å². The van der Waals surface area contributed by atoms with Gasteiger partial charge in [-0.15, -0.1) is 0 Å². The first-order chi connectivity index (χ1) is 16.1. The first-order valence-corrected chi connectivity index (χ1v) is 10.9. The van der Waals surface area contributed by atoms with Crippen LogP contribution in [0.25, 0.3) is 0 Å². The third kappa shape index (κ3) is 5.93. The Bertz CT molecular complexity index is 1070. The van der Waals surface area contributed by atoms with Crippen LogP contribution in [0.3, 0.4) is 0 Å². The van der Waals surface area contributed by atoms with Crippen LogP contribution in [-0.4, -0.2) is 54.4 Å². The summed E-state index contributed by atoms with van der Waals surface area (Å²) in [7, 11) is 0. The van der Waals surface area contributed by atoms with E-state index in [1.54, 1.807) is 12.4 Å². The zero-order valence-electron chi connectivity index (χ0n) is 18.2. The van der Waals surface area contributed by atoms with E-state index in [-0.39, 0.29) is 18.3 Å². The molecule has 0 radical (unpaired) electrons. The minimum Gasteiger partial charge on any atom is -0.369 e. The predicted octanol–water partition coefficient (Wildman–Crippen LogP) is 2.84. The highest BCUT2D eigenvalue weighted by molar-refractivity contribution is 6.39. The average Bonchev–Trinajstić information content (AvgIpc) is 2.85. The van der Waals surface area contributed by atoms with Gasteiger partial charge >= 0.3 is 11.8 Å². The highest BCUT2D eigenvalue weighted by atomic mass is 19.1. The molecule has 1 aromatic heterocycles. The summed E-state index contributed by atoms with van der Waals surface area (Å²) in [5.41, 5.74) is 2.39. The number of nitrogens with one attached hydrogen (secondary N) is 2. The lowest BCUT2D eigenvalue weighted by molar-refractivity contribution is -0.136. The summed E-state index contributed by atoms with van der Waals surface area (Å²) in [4.78, 5) is 33.6. The van der Waals surface area contributed by atoms with Crippen LogP contribution in [0.1, 0.15) is 11.6 Å². The van der Waals surface area contributed by atoms with Crippen molar-refractivity contribution in [3.63, 3.8) is 0 Å². The molecule has 4 rings (SSSR count). The quantitative estimate of drug-likeness (QED) is 0.569. The molecule has 7 nitrogen and oxygen atoms in total. The number of nitrogens with zero attached hydrogens (tertiary/aromatic N) is 3. The van der Waals surface area contributed by atoms with E-state index in [2.05, 4.69) is 37.6 Å². The zero-order chi connectivity index (χ0) is 23.0. The topological polar surface area (TPSA) is 77.6 Å². The number of rotatable bonds is 6. The van der Waals surface area contributed by atoms with E-state index in [0.717, 1.165) is 37.8 Å². The standard InChI is InChI=1S/C25H26FN5O2/c26-20-7-4-8-21(16-20)29-25(33)24(32)28-18-23(19-6-5-11-27-17-19)31-14-12-30(13-15-31)22-9-2-1-3-10-22/h1-11,16-17,23H,12-15,18H2,(H,28,32)(H,29,33). The Balaban J connectivity index is 1.38. The van der Waals surface area contributed by atoms with Gasteiger partial charge < -0.3 is 15.5 Å². The number of halogens is 1. The number of benzene rings is 2. The van der Waals surface area contributed by atoms with Gasteiger partial charge in [-0.25, -0.2) is 4.39 Å². The van der Waals surface area contributed by atoms with Crippen LogP contribution in [-0.2, 0) is 9.59 Å². The Labute approximate surface area is 192 Å². The fourth-order valence-electron chi connectivity index (χ4n) is 3.99. The minimum atomic E-state index is -0.834. The number of aromatic nitrogens is 1. The molecule has 1 atom stereocenters. The van der Waals surface area contributed by atoms with E-state index in [0.29, 0.717) is 0 Å². The van der Waals surface area contributed by atoms with Crippen molar-refractivity contribution < 1.29 is 14.0 Å². The molecular weight excluding hydrogens is 421 g/mol. The van der Waals surface area contributed by atoms with E-state index in [1.807, 2.05) is 30.3 Å². The molecule has 1 unspecified atom stereocenters. The van der Waals surface area contributed by atoms with E-state index in [9.17, 15) is 14.0 Å². The average molecular weight is 448 g/mol. The van der Waals surface area contributed by atoms with Crippen LogP contribution in [0.2, 0.25) is 0 Å². The molecule has 1 aliphatic rings. The van der Waals surface area contributed by atoms with E-state index < -0.39 is 17.6 Å². The number of hydrogen-bond acceptors (Lipinski definition) is 5. The van der Waals surface area contributed by atoms with E-state index in [4.69, 9.17) is 0 Å². The Morgan fingerprint density at radius 1 is 0.939 bits per heavy atom. The highest BCUT2D eigenvalue weighted by Gasteiger charge is 2.26. The fourth-order valence-corrected chi connectivity index (χ4v) is 3.99. The van der Waals surface area contributed by atoms with Gasteiger partial charge in [-0.2, -0.15) is 0 Å². The molecule has 0 spiro atoms. The van der Waals surface area contributed by atoms with Gasteiger partial charge in [-0.3, -0.25) is 19.5 Å². The van der Waals surface area contributed by atoms with E-state index in [1.165, 1.54) is 23.9 Å². The monoisotopic (exact) mass is 447 g/mol. The second-order valence-corrected chi connectivity index (χ2v) is 7.84. The molecule has 1 fully saturated rings. The predicted molar refractivity (Wildman–Crippen MR) is 125 cm³/mol. The van der Waals surface area contributed by atoms with Crippen molar-refractivity contribution in [3.8, 4) is 0 Å². The minimum absolute atomic E-state index is 0.123. The van der Waals surface area contributed by atoms with Gasteiger partial charge in [-0.05, 0) is 42.0 Å². The lowest BCUT2D eigenvalue weighted by atomic mass is 10.1. The van der Waals surface area contributed by atoms with Crippen LogP contribution >= 0.6 is 0 Å². The molecule has 0 saturated carbocycles. The van der Waals surface area contributed by atoms with Crippen LogP contribution in [0.15, 0.2) is 79.1 Å². The molecule has 1 saturated heterocycles. The van der Waals surface area contributed by atoms with Crippen LogP contribution < -0.4 is 15.5 Å². The summed E-state index contributed by atoms with van der Waals surface area (Å²) in [6, 6.07) is 19.4. The van der Waals surface area contributed by atoms with Crippen LogP contribution in [0.4, 0.5) is 15.8 Å². The second-order valence-electron chi connectivity index (χ2n) is 7.84. The van der Waals surface area contributed by atoms with Gasteiger partial charge in [0.25, 0.3) is 0 Å². The van der Waals surface area contributed by atoms with Crippen LogP contribution in [0, 0.1) is 5.82 Å². The molecule has 8 heteroatoms. The van der Waals surface area contributed by atoms with Gasteiger partial charge in [0.2, 0.25) is 0 Å². The maximum absolute atomic E-state index is 13.3. The summed E-state index contributed by atoms with van der Waals surface area (Å²) in [5.74, 6) is -2.09. The smallest absolute Gasteiger partial charge is 0.313 e. The molecule has 2 aromatic carbocycles. The molecule has 2 amide bonds. The van der Waals surface area contributed by atoms with Gasteiger partial charge in [0.05, 0.1) is 6.04 Å². The molecule has 3 aromatic rings. The number of pyridine rings is 1. The number of carbonyl (C=O) groups excluding carboxylic acids is 2. The van der Waals surface area contributed by atoms with E-state index >= 15 is 0 Å². The molecule has 2 heterocycles. The SMILES string of the molecule is O=C(NCC(c1cccnc1)N1CCN(c2ccccc2)CC1)C(=O)Nc1cccc(F)c1. The van der Waals surface area contributed by atoms with Crippen molar-refractivity contribution in [2.75, 3.05) is 42.9 Å². The largest absolute Gasteiger partial charge is 0.369 e. The maximum Gasteiger partial charge on any atom is 0.313 e. The first-order valence-electron chi connectivity index (χ1n) is 10.9. The van der Waals surface area contributed by atoms with Crippen molar-refractivity contribution in [1.29, 1.82) is 0 Å². The van der Waals surface area contributed by atoms with Gasteiger partial charge in [-0.1, -0.05) is 30.3 Å². The summed E-state index contributed by atoms with van der Waals surface area (Å²) >= 11 is 0. The fraction of sp³-hybridized carbons (Fsp3) is 0.240. The summed E-state index contributed by atoms with van der Waals surface area (Å²) in [5, 5.41) is 5.15. The van der Waals surface area contributed by atoms with Gasteiger partial charge in [0.1, 0.15) is 5.82 Å². The number of para-hydroxylation sites is 1. The van der Waals surface area contributed by atoms with Crippen LogP contribution in [0.5, 0.6) is 0 Å². The second kappa shape index (κ2) is 10.7. The summed E-state index contributed by atoms with van der Waals surface area (Å²) < 4.78 is 13.3. The highest BCUT2D eigenvalue weighted by Crippen LogP contribution is 2.23. The number of piperazine rings is 1. The van der Waals surface area contributed by atoms with Crippen molar-refractivity contribution in [2.45, 2.75) is 6.04 Å². The Morgan fingerprint density at radius 3 is 2.42 bits per heavy atom. The molecular formula is C25H26FN5O2. The third-order valence-electron chi connectivity index (χ3n) is 5.69. The first kappa shape index (κ1) is 22.4. The number of amides is 2. The normalized spacial score (nSPS) is 15.0. The lowest BCUT2D eigenvalue weighted by Gasteiger charge is -2.40. The molecule has 1 aliphatic heterocycles. The third-order valence-corrected chi connectivity index (χ3v) is 5.69. The molecule has 2 N–H and O–H groups in total. The van der Waals surface area contributed by atoms with Crippen molar-refractivity contribution >= 4 is 23.2 Å². The van der Waals surface area contributed by atoms with Crippen molar-refractivity contribution in [2.24, 2.45) is 0 Å². The van der Waals surface area contributed by atoms with Gasteiger partial charge in [0, 0.05) is 56.5 Å². The van der Waals surface area contributed by atoms with Gasteiger partial charge in [0.15, 0.2) is 0 Å². The zero-order valence-corrected chi connectivity index (χ0v) is 18.2.